The predicted molar refractivity (Wildman–Crippen MR) is 90.3 cm³/mol. The molecule has 0 atom stereocenters. The summed E-state index contributed by atoms with van der Waals surface area (Å²) in [6.45, 7) is 13.5. The number of aromatic nitrogens is 2. The molecule has 2 heterocycles. The molecule has 0 bridgehead atoms. The molecule has 2 N–H and O–H groups in total. The van der Waals surface area contributed by atoms with Crippen molar-refractivity contribution in [3.05, 3.63) is 18.0 Å². The molecule has 0 aromatic carbocycles. The highest BCUT2D eigenvalue weighted by Gasteiger charge is 2.32. The van der Waals surface area contributed by atoms with E-state index in [1.165, 1.54) is 0 Å². The average molecular weight is 309 g/mol. The zero-order chi connectivity index (χ0) is 15.6. The Morgan fingerprint density at radius 3 is 2.43 bits per heavy atom. The van der Waals surface area contributed by atoms with Crippen LogP contribution in [-0.2, 0) is 6.54 Å². The highest BCUT2D eigenvalue weighted by molar-refractivity contribution is 7.80. The van der Waals surface area contributed by atoms with Crippen LogP contribution >= 0.6 is 12.2 Å². The van der Waals surface area contributed by atoms with Crippen molar-refractivity contribution in [3.63, 3.8) is 0 Å². The lowest BCUT2D eigenvalue weighted by Crippen LogP contribution is -2.59. The Balaban J connectivity index is 1.88. The first-order chi connectivity index (χ1) is 9.80. The predicted octanol–water partition coefficient (Wildman–Crippen LogP) is 1.65. The van der Waals surface area contributed by atoms with Crippen LogP contribution in [0.1, 0.15) is 39.4 Å². The summed E-state index contributed by atoms with van der Waals surface area (Å²) in [4.78, 5) is 5.39. The van der Waals surface area contributed by atoms with Gasteiger partial charge in [0.05, 0.1) is 16.2 Å². The third-order valence-electron chi connectivity index (χ3n) is 4.34. The first kappa shape index (κ1) is 16.4. The van der Waals surface area contributed by atoms with Gasteiger partial charge in [-0.15, -0.1) is 0 Å². The van der Waals surface area contributed by atoms with Crippen molar-refractivity contribution in [3.8, 4) is 0 Å². The SMILES string of the molecule is CC(C)n1ccc(CN2CCN(C(C)(C)C(N)=S)CC2)n1. The van der Waals surface area contributed by atoms with Gasteiger partial charge >= 0.3 is 0 Å². The molecule has 118 valence electrons. The molecule has 1 aromatic rings. The van der Waals surface area contributed by atoms with Crippen LogP contribution in [0.2, 0.25) is 0 Å². The molecule has 1 aromatic heterocycles. The molecular formula is C15H27N5S. The molecule has 0 spiro atoms. The van der Waals surface area contributed by atoms with E-state index in [2.05, 4.69) is 54.9 Å². The molecule has 1 fully saturated rings. The molecule has 1 aliphatic rings. The van der Waals surface area contributed by atoms with Gasteiger partial charge in [0.15, 0.2) is 0 Å². The van der Waals surface area contributed by atoms with E-state index < -0.39 is 0 Å². The Labute approximate surface area is 133 Å². The summed E-state index contributed by atoms with van der Waals surface area (Å²) in [7, 11) is 0. The van der Waals surface area contributed by atoms with Gasteiger partial charge in [-0.2, -0.15) is 5.10 Å². The number of thiocarbonyl (C=S) groups is 1. The van der Waals surface area contributed by atoms with Gasteiger partial charge < -0.3 is 5.73 Å². The van der Waals surface area contributed by atoms with Crippen LogP contribution in [0.5, 0.6) is 0 Å². The van der Waals surface area contributed by atoms with Crippen molar-refractivity contribution in [2.75, 3.05) is 26.2 Å². The van der Waals surface area contributed by atoms with E-state index in [0.717, 1.165) is 38.4 Å². The van der Waals surface area contributed by atoms with Gasteiger partial charge in [-0.1, -0.05) is 12.2 Å². The number of nitrogens with zero attached hydrogens (tertiary/aromatic N) is 4. The molecule has 6 heteroatoms. The molecule has 0 aliphatic carbocycles. The van der Waals surface area contributed by atoms with E-state index in [4.69, 9.17) is 18.0 Å². The normalized spacial score (nSPS) is 18.3. The number of nitrogens with two attached hydrogens (primary N) is 1. The van der Waals surface area contributed by atoms with Crippen molar-refractivity contribution >= 4 is 17.2 Å². The van der Waals surface area contributed by atoms with Crippen LogP contribution in [0, 0.1) is 0 Å². The summed E-state index contributed by atoms with van der Waals surface area (Å²) in [6.07, 6.45) is 2.06. The van der Waals surface area contributed by atoms with Crippen molar-refractivity contribution in [2.45, 2.75) is 45.8 Å². The molecular weight excluding hydrogens is 282 g/mol. The van der Waals surface area contributed by atoms with E-state index in [9.17, 15) is 0 Å². The summed E-state index contributed by atoms with van der Waals surface area (Å²) in [6, 6.07) is 2.53. The van der Waals surface area contributed by atoms with Crippen LogP contribution in [0.4, 0.5) is 0 Å². The second-order valence-corrected chi connectivity index (χ2v) is 7.01. The van der Waals surface area contributed by atoms with Crippen LogP contribution in [0.3, 0.4) is 0 Å². The van der Waals surface area contributed by atoms with Crippen molar-refractivity contribution in [1.82, 2.24) is 19.6 Å². The van der Waals surface area contributed by atoms with Crippen molar-refractivity contribution in [2.24, 2.45) is 5.73 Å². The van der Waals surface area contributed by atoms with E-state index in [1.54, 1.807) is 0 Å². The van der Waals surface area contributed by atoms with Crippen molar-refractivity contribution in [1.29, 1.82) is 0 Å². The monoisotopic (exact) mass is 309 g/mol. The van der Waals surface area contributed by atoms with Gasteiger partial charge in [-0.3, -0.25) is 14.5 Å². The van der Waals surface area contributed by atoms with Gasteiger partial charge in [-0.05, 0) is 33.8 Å². The van der Waals surface area contributed by atoms with E-state index in [1.807, 2.05) is 4.68 Å². The Hall–Kier alpha value is -0.980. The first-order valence-corrected chi connectivity index (χ1v) is 8.03. The molecule has 0 amide bonds. The second-order valence-electron chi connectivity index (χ2n) is 6.57. The highest BCUT2D eigenvalue weighted by atomic mass is 32.1. The Morgan fingerprint density at radius 1 is 1.33 bits per heavy atom. The maximum Gasteiger partial charge on any atom is 0.0928 e. The topological polar surface area (TPSA) is 50.3 Å². The molecule has 0 radical (unpaired) electrons. The summed E-state index contributed by atoms with van der Waals surface area (Å²) < 4.78 is 2.02. The number of hydrogen-bond donors (Lipinski definition) is 1. The molecule has 0 unspecified atom stereocenters. The smallest absolute Gasteiger partial charge is 0.0928 e. The largest absolute Gasteiger partial charge is 0.392 e. The van der Waals surface area contributed by atoms with Crippen LogP contribution in [-0.4, -0.2) is 56.3 Å². The second kappa shape index (κ2) is 6.42. The fourth-order valence-corrected chi connectivity index (χ4v) is 2.73. The minimum Gasteiger partial charge on any atom is -0.392 e. The molecule has 0 saturated carbocycles. The van der Waals surface area contributed by atoms with E-state index in [0.29, 0.717) is 11.0 Å². The maximum absolute atomic E-state index is 5.85. The maximum atomic E-state index is 5.85. The van der Waals surface area contributed by atoms with Crippen LogP contribution < -0.4 is 5.73 Å². The van der Waals surface area contributed by atoms with Gasteiger partial charge in [0, 0.05) is 45.0 Å². The standard InChI is InChI=1S/C15H27N5S/c1-12(2)20-6-5-13(17-20)11-18-7-9-19(10-8-18)15(3,4)14(16)21/h5-6,12H,7-11H2,1-4H3,(H2,16,21). The minimum absolute atomic E-state index is 0.194. The molecule has 21 heavy (non-hydrogen) atoms. The minimum atomic E-state index is -0.194. The van der Waals surface area contributed by atoms with E-state index in [-0.39, 0.29) is 5.54 Å². The number of piperazine rings is 1. The Bertz CT molecular complexity index is 486. The lowest BCUT2D eigenvalue weighted by atomic mass is 10.0. The van der Waals surface area contributed by atoms with Crippen LogP contribution in [0.15, 0.2) is 12.3 Å². The fraction of sp³-hybridized carbons (Fsp3) is 0.733. The molecule has 2 rings (SSSR count). The van der Waals surface area contributed by atoms with Crippen LogP contribution in [0.25, 0.3) is 0 Å². The van der Waals surface area contributed by atoms with E-state index >= 15 is 0 Å². The summed E-state index contributed by atoms with van der Waals surface area (Å²) >= 11 is 5.18. The Morgan fingerprint density at radius 2 is 1.95 bits per heavy atom. The lowest BCUT2D eigenvalue weighted by Gasteiger charge is -2.43. The first-order valence-electron chi connectivity index (χ1n) is 7.62. The van der Waals surface area contributed by atoms with Gasteiger partial charge in [0.1, 0.15) is 0 Å². The van der Waals surface area contributed by atoms with Gasteiger partial charge in [0.25, 0.3) is 0 Å². The summed E-state index contributed by atoms with van der Waals surface area (Å²) in [5, 5.41) is 4.62. The van der Waals surface area contributed by atoms with Gasteiger partial charge in [0.2, 0.25) is 0 Å². The molecule has 5 nitrogen and oxygen atoms in total. The lowest BCUT2D eigenvalue weighted by molar-refractivity contribution is 0.0813. The Kier molecular flexibility index (Phi) is 5.01. The molecule has 1 aliphatic heterocycles. The third kappa shape index (κ3) is 3.81. The van der Waals surface area contributed by atoms with Crippen molar-refractivity contribution < 1.29 is 0 Å². The number of hydrogen-bond acceptors (Lipinski definition) is 4. The number of rotatable bonds is 5. The molecule has 1 saturated heterocycles. The zero-order valence-electron chi connectivity index (χ0n) is 13.5. The zero-order valence-corrected chi connectivity index (χ0v) is 14.4. The fourth-order valence-electron chi connectivity index (χ4n) is 2.60. The summed E-state index contributed by atoms with van der Waals surface area (Å²) in [5.74, 6) is 0. The highest BCUT2D eigenvalue weighted by Crippen LogP contribution is 2.18. The third-order valence-corrected chi connectivity index (χ3v) is 4.84. The average Bonchev–Trinajstić information content (AvgIpc) is 2.88. The summed E-state index contributed by atoms with van der Waals surface area (Å²) in [5.41, 5.74) is 6.80. The van der Waals surface area contributed by atoms with Gasteiger partial charge in [-0.25, -0.2) is 0 Å². The quantitative estimate of drug-likeness (QED) is 0.838.